The van der Waals surface area contributed by atoms with Gasteiger partial charge in [0.05, 0.1) is 33.6 Å². The van der Waals surface area contributed by atoms with Crippen molar-refractivity contribution < 1.29 is 0 Å². The maximum atomic E-state index is 5.54. The molecule has 3 aromatic heterocycles. The summed E-state index contributed by atoms with van der Waals surface area (Å²) in [5, 5.41) is 7.83. The second kappa shape index (κ2) is 11.9. The summed E-state index contributed by atoms with van der Waals surface area (Å²) < 4.78 is 0. The Hall–Kier alpha value is -6.91. The highest BCUT2D eigenvalue weighted by atomic mass is 15.1. The van der Waals surface area contributed by atoms with Gasteiger partial charge in [0.2, 0.25) is 0 Å². The molecule has 0 radical (unpaired) electrons. The topological polar surface area (TPSA) is 41.9 Å². The maximum absolute atomic E-state index is 5.54. The minimum atomic E-state index is 0.884. The monoisotopic (exact) mass is 650 g/mol. The van der Waals surface area contributed by atoms with Crippen LogP contribution in [0.3, 0.4) is 0 Å². The second-order valence-corrected chi connectivity index (χ2v) is 12.8. The molecule has 0 aliphatic rings. The Morgan fingerprint density at radius 1 is 0.412 bits per heavy atom. The number of hydrogen-bond acceptors (Lipinski definition) is 4. The molecule has 0 amide bonds. The normalized spacial score (nSPS) is 11.5. The number of rotatable bonds is 5. The van der Waals surface area contributed by atoms with Crippen LogP contribution in [-0.4, -0.2) is 15.0 Å². The molecule has 0 aliphatic carbocycles. The first-order chi connectivity index (χ1) is 25.3. The quantitative estimate of drug-likeness (QED) is 0.174. The Bertz CT molecular complexity index is 2870. The third-order valence-corrected chi connectivity index (χ3v) is 9.83. The molecule has 51 heavy (non-hydrogen) atoms. The molecular formula is C47H30N4. The van der Waals surface area contributed by atoms with Crippen molar-refractivity contribution in [2.24, 2.45) is 0 Å². The van der Waals surface area contributed by atoms with Gasteiger partial charge >= 0.3 is 0 Å². The molecule has 0 N–H and O–H groups in total. The summed E-state index contributed by atoms with van der Waals surface area (Å²) in [6, 6.07) is 61.8. The Balaban J connectivity index is 1.35. The number of hydrogen-bond donors (Lipinski definition) is 0. The molecular weight excluding hydrogens is 621 g/mol. The van der Waals surface area contributed by atoms with Gasteiger partial charge in [0, 0.05) is 55.6 Å². The molecule has 0 atom stereocenters. The van der Waals surface area contributed by atoms with Crippen molar-refractivity contribution in [2.45, 2.75) is 0 Å². The SMILES string of the molecule is c1ccc(N(c2ccccc2)c2ccccc2-c2nc3ccccc3c3c2c(-c2ccc4ccc5cccnc5c4n2)cc2ccccc23)cc1. The standard InChI is InChI=1S/C47H30N4/c1-3-16-34(17-4-1)51(35-18-5-2-6-19-35)42-24-12-10-22-38(42)47-44-39(41-28-27-32-26-25-31-15-13-29-48-45(31)46(32)49-41)30-33-14-7-8-20-36(33)43(44)37-21-9-11-23-40(37)50-47/h1-30H. The lowest BCUT2D eigenvalue weighted by Gasteiger charge is -2.28. The van der Waals surface area contributed by atoms with Crippen LogP contribution in [0.4, 0.5) is 17.1 Å². The van der Waals surface area contributed by atoms with E-state index in [9.17, 15) is 0 Å². The molecule has 4 heteroatoms. The largest absolute Gasteiger partial charge is 0.310 e. The maximum Gasteiger partial charge on any atom is 0.0972 e. The minimum Gasteiger partial charge on any atom is -0.310 e. The van der Waals surface area contributed by atoms with Crippen molar-refractivity contribution in [1.29, 1.82) is 0 Å². The van der Waals surface area contributed by atoms with Crippen molar-refractivity contribution in [3.63, 3.8) is 0 Å². The van der Waals surface area contributed by atoms with Gasteiger partial charge in [-0.15, -0.1) is 0 Å². The van der Waals surface area contributed by atoms with E-state index in [4.69, 9.17) is 15.0 Å². The van der Waals surface area contributed by atoms with E-state index >= 15 is 0 Å². The highest BCUT2D eigenvalue weighted by Crippen LogP contribution is 2.47. The van der Waals surface area contributed by atoms with Gasteiger partial charge in [-0.2, -0.15) is 0 Å². The van der Waals surface area contributed by atoms with Crippen LogP contribution in [0.2, 0.25) is 0 Å². The van der Waals surface area contributed by atoms with Crippen LogP contribution >= 0.6 is 0 Å². The zero-order valence-corrected chi connectivity index (χ0v) is 27.6. The van der Waals surface area contributed by atoms with E-state index < -0.39 is 0 Å². The molecule has 0 aliphatic heterocycles. The Kier molecular flexibility index (Phi) is 6.78. The smallest absolute Gasteiger partial charge is 0.0972 e. The molecule has 0 saturated heterocycles. The van der Waals surface area contributed by atoms with Crippen molar-refractivity contribution in [2.75, 3.05) is 4.90 Å². The summed E-state index contributed by atoms with van der Waals surface area (Å²) in [4.78, 5) is 18.0. The van der Waals surface area contributed by atoms with E-state index in [1.807, 2.05) is 12.3 Å². The summed E-state index contributed by atoms with van der Waals surface area (Å²) in [6.07, 6.45) is 1.85. The average molecular weight is 651 g/mol. The number of anilines is 3. The van der Waals surface area contributed by atoms with E-state index in [0.29, 0.717) is 0 Å². The molecule has 0 unspecified atom stereocenters. The van der Waals surface area contributed by atoms with E-state index in [1.165, 1.54) is 10.8 Å². The zero-order valence-electron chi connectivity index (χ0n) is 27.6. The molecule has 0 bridgehead atoms. The molecule has 10 aromatic rings. The first-order valence-corrected chi connectivity index (χ1v) is 17.2. The molecule has 4 nitrogen and oxygen atoms in total. The number of benzene rings is 7. The summed E-state index contributed by atoms with van der Waals surface area (Å²) >= 11 is 0. The summed E-state index contributed by atoms with van der Waals surface area (Å²) in [6.45, 7) is 0. The van der Waals surface area contributed by atoms with Gasteiger partial charge in [-0.05, 0) is 65.4 Å². The molecule has 0 saturated carbocycles. The highest BCUT2D eigenvalue weighted by molar-refractivity contribution is 6.27. The zero-order chi connectivity index (χ0) is 33.7. The Morgan fingerprint density at radius 2 is 1.04 bits per heavy atom. The Morgan fingerprint density at radius 3 is 1.84 bits per heavy atom. The lowest BCUT2D eigenvalue weighted by Crippen LogP contribution is -2.11. The van der Waals surface area contributed by atoms with E-state index in [2.05, 4.69) is 175 Å². The predicted molar refractivity (Wildman–Crippen MR) is 213 cm³/mol. The number of para-hydroxylation sites is 4. The predicted octanol–water partition coefficient (Wildman–Crippen LogP) is 12.4. The van der Waals surface area contributed by atoms with E-state index in [-0.39, 0.29) is 0 Å². The first kappa shape index (κ1) is 29.0. The minimum absolute atomic E-state index is 0.884. The number of fused-ring (bicyclic) bond motifs is 8. The van der Waals surface area contributed by atoms with Crippen LogP contribution in [0.15, 0.2) is 182 Å². The number of nitrogens with zero attached hydrogens (tertiary/aromatic N) is 4. The van der Waals surface area contributed by atoms with Crippen LogP contribution < -0.4 is 4.90 Å². The van der Waals surface area contributed by atoms with Crippen molar-refractivity contribution in [3.8, 4) is 22.5 Å². The lowest BCUT2D eigenvalue weighted by atomic mass is 9.89. The lowest BCUT2D eigenvalue weighted by molar-refractivity contribution is 1.28. The molecule has 3 heterocycles. The van der Waals surface area contributed by atoms with Gasteiger partial charge in [-0.3, -0.25) is 4.98 Å². The first-order valence-electron chi connectivity index (χ1n) is 17.2. The van der Waals surface area contributed by atoms with Crippen LogP contribution in [0.5, 0.6) is 0 Å². The molecule has 7 aromatic carbocycles. The fraction of sp³-hybridized carbons (Fsp3) is 0. The summed E-state index contributed by atoms with van der Waals surface area (Å²) in [7, 11) is 0. The van der Waals surface area contributed by atoms with Gasteiger partial charge in [0.15, 0.2) is 0 Å². The van der Waals surface area contributed by atoms with E-state index in [1.54, 1.807) is 0 Å². The third-order valence-electron chi connectivity index (χ3n) is 9.83. The van der Waals surface area contributed by atoms with Gasteiger partial charge in [-0.25, -0.2) is 9.97 Å². The van der Waals surface area contributed by atoms with Crippen molar-refractivity contribution in [1.82, 2.24) is 15.0 Å². The van der Waals surface area contributed by atoms with Gasteiger partial charge in [-0.1, -0.05) is 121 Å². The van der Waals surface area contributed by atoms with Gasteiger partial charge < -0.3 is 4.90 Å². The van der Waals surface area contributed by atoms with Crippen LogP contribution in [0.25, 0.3) is 76.8 Å². The van der Waals surface area contributed by atoms with Gasteiger partial charge in [0.25, 0.3) is 0 Å². The van der Waals surface area contributed by atoms with Crippen LogP contribution in [0.1, 0.15) is 0 Å². The molecule has 0 spiro atoms. The van der Waals surface area contributed by atoms with Crippen molar-refractivity contribution in [3.05, 3.63) is 182 Å². The summed E-state index contributed by atoms with van der Waals surface area (Å²) in [5.74, 6) is 0. The molecule has 0 fully saturated rings. The highest BCUT2D eigenvalue weighted by Gasteiger charge is 2.23. The van der Waals surface area contributed by atoms with Gasteiger partial charge in [0.1, 0.15) is 0 Å². The van der Waals surface area contributed by atoms with Crippen molar-refractivity contribution >= 4 is 71.3 Å². The van der Waals surface area contributed by atoms with E-state index in [0.717, 1.165) is 83.1 Å². The average Bonchev–Trinajstić information content (AvgIpc) is 3.21. The third kappa shape index (κ3) is 4.80. The summed E-state index contributed by atoms with van der Waals surface area (Å²) in [5.41, 5.74) is 9.79. The fourth-order valence-corrected chi connectivity index (χ4v) is 7.55. The van der Waals surface area contributed by atoms with Crippen LogP contribution in [-0.2, 0) is 0 Å². The molecule has 10 rings (SSSR count). The number of aromatic nitrogens is 3. The number of pyridine rings is 3. The second-order valence-electron chi connectivity index (χ2n) is 12.8. The Labute approximate surface area is 294 Å². The van der Waals surface area contributed by atoms with Crippen LogP contribution in [0, 0.1) is 0 Å². The fourth-order valence-electron chi connectivity index (χ4n) is 7.55. The molecule has 238 valence electrons.